The van der Waals surface area contributed by atoms with E-state index >= 15 is 0 Å². The van der Waals surface area contributed by atoms with Crippen molar-refractivity contribution in [2.24, 2.45) is 5.92 Å². The van der Waals surface area contributed by atoms with Crippen LogP contribution in [0, 0.1) is 5.92 Å². The number of fused-ring (bicyclic) bond motifs is 1. The zero-order chi connectivity index (χ0) is 17.6. The van der Waals surface area contributed by atoms with Gasteiger partial charge in [-0.3, -0.25) is 4.79 Å². The minimum atomic E-state index is 0.257. The molecule has 1 aromatic rings. The van der Waals surface area contributed by atoms with E-state index in [1.54, 1.807) is 0 Å². The van der Waals surface area contributed by atoms with Gasteiger partial charge < -0.3 is 9.80 Å². The van der Waals surface area contributed by atoms with Crippen LogP contribution in [0.15, 0.2) is 18.2 Å². The largest absolute Gasteiger partial charge is 0.312 e. The van der Waals surface area contributed by atoms with E-state index < -0.39 is 0 Å². The third kappa shape index (κ3) is 4.98. The first kappa shape index (κ1) is 18.7. The number of unbranched alkanes of at least 4 members (excludes halogenated alkanes) is 1. The van der Waals surface area contributed by atoms with Gasteiger partial charge >= 0.3 is 0 Å². The number of likely N-dealkylation sites (tertiary alicyclic amines) is 1. The van der Waals surface area contributed by atoms with Crippen molar-refractivity contribution in [1.82, 2.24) is 4.90 Å². The molecule has 0 N–H and O–H groups in total. The lowest BCUT2D eigenvalue weighted by Gasteiger charge is -2.33. The van der Waals surface area contributed by atoms with Gasteiger partial charge in [0.15, 0.2) is 0 Å². The van der Waals surface area contributed by atoms with E-state index in [0.29, 0.717) is 6.42 Å². The van der Waals surface area contributed by atoms with Gasteiger partial charge in [-0.25, -0.2) is 0 Å². The molecule has 3 rings (SSSR count). The maximum Gasteiger partial charge on any atom is 0.227 e. The van der Waals surface area contributed by atoms with Gasteiger partial charge in [-0.05, 0) is 75.0 Å². The second kappa shape index (κ2) is 9.05. The highest BCUT2D eigenvalue weighted by atomic mass is 35.5. The van der Waals surface area contributed by atoms with Gasteiger partial charge in [-0.15, -0.1) is 0 Å². The van der Waals surface area contributed by atoms with Gasteiger partial charge in [0.25, 0.3) is 0 Å². The van der Waals surface area contributed by atoms with Crippen LogP contribution in [-0.2, 0) is 11.2 Å². The number of anilines is 1. The van der Waals surface area contributed by atoms with Crippen LogP contribution in [0.4, 0.5) is 5.69 Å². The Bertz CT molecular complexity index is 581. The van der Waals surface area contributed by atoms with Crippen molar-refractivity contribution >= 4 is 23.2 Å². The third-order valence-corrected chi connectivity index (χ3v) is 6.01. The molecule has 1 amide bonds. The number of hydrogen-bond donors (Lipinski definition) is 0. The summed E-state index contributed by atoms with van der Waals surface area (Å²) in [6.45, 7) is 6.67. The summed E-state index contributed by atoms with van der Waals surface area (Å²) in [4.78, 5) is 16.9. The first-order chi connectivity index (χ1) is 12.2. The predicted octanol–water partition coefficient (Wildman–Crippen LogP) is 4.91. The van der Waals surface area contributed by atoms with Crippen LogP contribution in [-0.4, -0.2) is 37.0 Å². The van der Waals surface area contributed by atoms with Crippen LogP contribution in [0.2, 0.25) is 5.02 Å². The number of carbonyl (C=O) groups is 1. The minimum Gasteiger partial charge on any atom is -0.312 e. The summed E-state index contributed by atoms with van der Waals surface area (Å²) in [5.41, 5.74) is 2.28. The molecule has 1 aromatic carbocycles. The number of carbonyl (C=O) groups excluding carboxylic acids is 1. The van der Waals surface area contributed by atoms with Crippen molar-refractivity contribution in [3.63, 3.8) is 0 Å². The first-order valence-corrected chi connectivity index (χ1v) is 10.4. The lowest BCUT2D eigenvalue weighted by Crippen LogP contribution is -2.39. The Balaban J connectivity index is 1.46. The first-order valence-electron chi connectivity index (χ1n) is 9.98. The van der Waals surface area contributed by atoms with Gasteiger partial charge in [0.05, 0.1) is 0 Å². The normalized spacial score (nSPS) is 19.3. The molecule has 0 spiro atoms. The standard InChI is InChI=1S/C21H31ClN2O/c1-2-3-5-17-10-14-23(15-11-17)12-4-13-24-20-8-7-19(22)16-18(20)6-9-21(24)25/h7-8,16-17H,2-6,9-15H2,1H3. The summed E-state index contributed by atoms with van der Waals surface area (Å²) in [7, 11) is 0. The molecule has 4 heteroatoms. The number of halogens is 1. The molecule has 3 nitrogen and oxygen atoms in total. The number of amides is 1. The number of piperidine rings is 1. The Morgan fingerprint density at radius 2 is 1.92 bits per heavy atom. The van der Waals surface area contributed by atoms with Gasteiger partial charge in [-0.1, -0.05) is 37.8 Å². The average molecular weight is 363 g/mol. The fourth-order valence-electron chi connectivity index (χ4n) is 4.22. The zero-order valence-electron chi connectivity index (χ0n) is 15.5. The summed E-state index contributed by atoms with van der Waals surface area (Å²) in [5, 5.41) is 0.763. The molecule has 2 aliphatic heterocycles. The number of nitrogens with zero attached hydrogens (tertiary/aromatic N) is 2. The van der Waals surface area contributed by atoms with E-state index in [-0.39, 0.29) is 5.91 Å². The molecule has 0 atom stereocenters. The van der Waals surface area contributed by atoms with Gasteiger partial charge in [-0.2, -0.15) is 0 Å². The van der Waals surface area contributed by atoms with Crippen LogP contribution < -0.4 is 4.90 Å². The molecule has 0 aromatic heterocycles. The lowest BCUT2D eigenvalue weighted by molar-refractivity contribution is -0.118. The molecule has 2 heterocycles. The molecule has 2 aliphatic rings. The topological polar surface area (TPSA) is 23.6 Å². The van der Waals surface area contributed by atoms with Crippen molar-refractivity contribution in [3.8, 4) is 0 Å². The maximum atomic E-state index is 12.3. The summed E-state index contributed by atoms with van der Waals surface area (Å²) >= 11 is 6.10. The average Bonchev–Trinajstić information content (AvgIpc) is 2.63. The highest BCUT2D eigenvalue weighted by Gasteiger charge is 2.24. The van der Waals surface area contributed by atoms with Crippen molar-refractivity contribution in [3.05, 3.63) is 28.8 Å². The molecule has 0 radical (unpaired) electrons. The molecule has 0 aliphatic carbocycles. The summed E-state index contributed by atoms with van der Waals surface area (Å²) in [6.07, 6.45) is 9.28. The zero-order valence-corrected chi connectivity index (χ0v) is 16.2. The highest BCUT2D eigenvalue weighted by molar-refractivity contribution is 6.30. The number of hydrogen-bond acceptors (Lipinski definition) is 2. The second-order valence-corrected chi connectivity index (χ2v) is 8.04. The van der Waals surface area contributed by atoms with Crippen LogP contribution in [0.3, 0.4) is 0 Å². The Morgan fingerprint density at radius 1 is 1.12 bits per heavy atom. The van der Waals surface area contributed by atoms with E-state index in [4.69, 9.17) is 11.6 Å². The SMILES string of the molecule is CCCCC1CCN(CCCN2C(=O)CCc3cc(Cl)ccc32)CC1. The van der Waals surface area contributed by atoms with E-state index in [1.807, 2.05) is 23.1 Å². The van der Waals surface area contributed by atoms with Crippen molar-refractivity contribution in [2.45, 2.75) is 58.3 Å². The molecule has 138 valence electrons. The number of aryl methyl sites for hydroxylation is 1. The summed E-state index contributed by atoms with van der Waals surface area (Å²) in [6, 6.07) is 5.92. The minimum absolute atomic E-state index is 0.257. The lowest BCUT2D eigenvalue weighted by atomic mass is 9.91. The second-order valence-electron chi connectivity index (χ2n) is 7.60. The molecule has 25 heavy (non-hydrogen) atoms. The van der Waals surface area contributed by atoms with E-state index in [9.17, 15) is 4.79 Å². The third-order valence-electron chi connectivity index (χ3n) is 5.77. The maximum absolute atomic E-state index is 12.3. The van der Waals surface area contributed by atoms with Gasteiger partial charge in [0.1, 0.15) is 0 Å². The monoisotopic (exact) mass is 362 g/mol. The Labute approximate surface area is 157 Å². The number of benzene rings is 1. The summed E-state index contributed by atoms with van der Waals surface area (Å²) < 4.78 is 0. The van der Waals surface area contributed by atoms with Crippen LogP contribution in [0.1, 0.15) is 57.4 Å². The fraction of sp³-hybridized carbons (Fsp3) is 0.667. The van der Waals surface area contributed by atoms with Crippen molar-refractivity contribution in [2.75, 3.05) is 31.1 Å². The van der Waals surface area contributed by atoms with Crippen molar-refractivity contribution < 1.29 is 4.79 Å². The summed E-state index contributed by atoms with van der Waals surface area (Å²) in [5.74, 6) is 1.20. The van der Waals surface area contributed by atoms with Crippen LogP contribution in [0.25, 0.3) is 0 Å². The molecule has 0 saturated carbocycles. The Hall–Kier alpha value is -1.06. The molecular weight excluding hydrogens is 332 g/mol. The van der Waals surface area contributed by atoms with E-state index in [2.05, 4.69) is 11.8 Å². The highest BCUT2D eigenvalue weighted by Crippen LogP contribution is 2.30. The Kier molecular flexibility index (Phi) is 6.77. The van der Waals surface area contributed by atoms with Gasteiger partial charge in [0.2, 0.25) is 5.91 Å². The predicted molar refractivity (Wildman–Crippen MR) is 105 cm³/mol. The van der Waals surface area contributed by atoms with Crippen LogP contribution in [0.5, 0.6) is 0 Å². The quantitative estimate of drug-likeness (QED) is 0.687. The number of rotatable bonds is 7. The van der Waals surface area contributed by atoms with Crippen LogP contribution >= 0.6 is 11.6 Å². The van der Waals surface area contributed by atoms with E-state index in [1.165, 1.54) is 50.8 Å². The molecule has 0 unspecified atom stereocenters. The smallest absolute Gasteiger partial charge is 0.227 e. The Morgan fingerprint density at radius 3 is 2.68 bits per heavy atom. The molecule has 1 fully saturated rings. The van der Waals surface area contributed by atoms with Crippen molar-refractivity contribution in [1.29, 1.82) is 0 Å². The fourth-order valence-corrected chi connectivity index (χ4v) is 4.41. The molecule has 1 saturated heterocycles. The van der Waals surface area contributed by atoms with Gasteiger partial charge in [0, 0.05) is 23.7 Å². The van der Waals surface area contributed by atoms with E-state index in [0.717, 1.165) is 42.6 Å². The molecular formula is C21H31ClN2O. The molecule has 0 bridgehead atoms.